The van der Waals surface area contributed by atoms with E-state index in [1.807, 2.05) is 19.1 Å². The number of carbonyl (C=O) groups excluding carboxylic acids is 1. The van der Waals surface area contributed by atoms with E-state index in [1.54, 1.807) is 18.4 Å². The van der Waals surface area contributed by atoms with Crippen LogP contribution in [-0.4, -0.2) is 44.2 Å². The van der Waals surface area contributed by atoms with Crippen molar-refractivity contribution < 1.29 is 18.7 Å². The van der Waals surface area contributed by atoms with Gasteiger partial charge < -0.3 is 19.2 Å². The van der Waals surface area contributed by atoms with Crippen molar-refractivity contribution in [2.75, 3.05) is 33.4 Å². The third-order valence-corrected chi connectivity index (χ3v) is 4.80. The van der Waals surface area contributed by atoms with Crippen LogP contribution >= 0.6 is 11.6 Å². The number of rotatable bonds is 11. The predicted molar refractivity (Wildman–Crippen MR) is 110 cm³/mol. The molecule has 0 aliphatic rings. The van der Waals surface area contributed by atoms with Gasteiger partial charge in [0.1, 0.15) is 5.76 Å². The Morgan fingerprint density at radius 1 is 1.29 bits per heavy atom. The Morgan fingerprint density at radius 3 is 2.61 bits per heavy atom. The molecular formula is C21H29ClN2O4. The largest absolute Gasteiger partial charge is 0.493 e. The van der Waals surface area contributed by atoms with E-state index in [4.69, 9.17) is 25.5 Å². The van der Waals surface area contributed by atoms with Crippen molar-refractivity contribution in [3.63, 3.8) is 0 Å². The second-order valence-corrected chi connectivity index (χ2v) is 6.71. The lowest BCUT2D eigenvalue weighted by Gasteiger charge is -2.28. The zero-order valence-electron chi connectivity index (χ0n) is 17.0. The lowest BCUT2D eigenvalue weighted by Crippen LogP contribution is -2.37. The first-order chi connectivity index (χ1) is 13.5. The number of ether oxygens (including phenoxy) is 2. The van der Waals surface area contributed by atoms with Crippen LogP contribution < -0.4 is 14.8 Å². The third-order valence-electron chi connectivity index (χ3n) is 4.52. The first-order valence-electron chi connectivity index (χ1n) is 9.61. The van der Waals surface area contributed by atoms with Gasteiger partial charge in [-0.05, 0) is 43.8 Å². The van der Waals surface area contributed by atoms with Crippen LogP contribution in [0.5, 0.6) is 11.5 Å². The zero-order valence-corrected chi connectivity index (χ0v) is 17.7. The normalized spacial score (nSPS) is 12.1. The van der Waals surface area contributed by atoms with Gasteiger partial charge in [0.05, 0.1) is 31.0 Å². The summed E-state index contributed by atoms with van der Waals surface area (Å²) in [5.41, 5.74) is 0.420. The van der Waals surface area contributed by atoms with Crippen LogP contribution in [0.15, 0.2) is 34.9 Å². The SMILES string of the molecule is CCCOc1c(Cl)cc(C(=O)NC[C@H](c2ccco2)N(CC)CC)cc1OC. The van der Waals surface area contributed by atoms with Gasteiger partial charge in [0.15, 0.2) is 11.5 Å². The maximum atomic E-state index is 12.7. The van der Waals surface area contributed by atoms with E-state index in [0.717, 1.165) is 25.3 Å². The monoisotopic (exact) mass is 408 g/mol. The molecule has 0 bridgehead atoms. The minimum Gasteiger partial charge on any atom is -0.493 e. The second-order valence-electron chi connectivity index (χ2n) is 6.30. The number of nitrogens with one attached hydrogen (secondary N) is 1. The van der Waals surface area contributed by atoms with Crippen LogP contribution in [0.4, 0.5) is 0 Å². The van der Waals surface area contributed by atoms with Crippen LogP contribution in [0.3, 0.4) is 0 Å². The Kier molecular flexibility index (Phi) is 8.67. The molecule has 28 heavy (non-hydrogen) atoms. The van der Waals surface area contributed by atoms with E-state index in [-0.39, 0.29) is 11.9 Å². The molecule has 1 N–H and O–H groups in total. The molecule has 0 saturated carbocycles. The number of furan rings is 1. The van der Waals surface area contributed by atoms with Gasteiger partial charge in [-0.25, -0.2) is 0 Å². The van der Waals surface area contributed by atoms with Crippen molar-refractivity contribution >= 4 is 17.5 Å². The summed E-state index contributed by atoms with van der Waals surface area (Å²) in [6, 6.07) is 6.98. The molecule has 1 atom stereocenters. The van der Waals surface area contributed by atoms with Crippen molar-refractivity contribution in [3.05, 3.63) is 46.9 Å². The highest BCUT2D eigenvalue weighted by Gasteiger charge is 2.22. The Bertz CT molecular complexity index is 745. The van der Waals surface area contributed by atoms with Gasteiger partial charge in [0, 0.05) is 12.1 Å². The molecule has 154 valence electrons. The van der Waals surface area contributed by atoms with Gasteiger partial charge in [0.25, 0.3) is 5.91 Å². The van der Waals surface area contributed by atoms with Crippen LogP contribution in [0.25, 0.3) is 0 Å². The second kappa shape index (κ2) is 11.0. The fourth-order valence-corrected chi connectivity index (χ4v) is 3.31. The van der Waals surface area contributed by atoms with Crippen LogP contribution in [0, 0.1) is 0 Å². The maximum Gasteiger partial charge on any atom is 0.251 e. The highest BCUT2D eigenvalue weighted by atomic mass is 35.5. The number of carbonyl (C=O) groups is 1. The van der Waals surface area contributed by atoms with Gasteiger partial charge >= 0.3 is 0 Å². The molecule has 7 heteroatoms. The van der Waals surface area contributed by atoms with E-state index in [0.29, 0.717) is 35.2 Å². The summed E-state index contributed by atoms with van der Waals surface area (Å²) in [6.45, 7) is 8.81. The summed E-state index contributed by atoms with van der Waals surface area (Å²) in [5.74, 6) is 1.49. The Labute approximate surface area is 171 Å². The van der Waals surface area contributed by atoms with E-state index in [2.05, 4.69) is 24.1 Å². The van der Waals surface area contributed by atoms with Gasteiger partial charge in [-0.2, -0.15) is 0 Å². The number of hydrogen-bond donors (Lipinski definition) is 1. The maximum absolute atomic E-state index is 12.7. The number of benzene rings is 1. The number of halogens is 1. The molecule has 0 saturated heterocycles. The molecule has 1 amide bonds. The Balaban J connectivity index is 2.15. The number of amides is 1. The Morgan fingerprint density at radius 2 is 2.04 bits per heavy atom. The molecule has 0 aliphatic heterocycles. The molecule has 0 fully saturated rings. The molecule has 0 radical (unpaired) electrons. The van der Waals surface area contributed by atoms with Crippen LogP contribution in [0.1, 0.15) is 49.4 Å². The Hall–Kier alpha value is -2.18. The topological polar surface area (TPSA) is 63.9 Å². The molecule has 2 aromatic rings. The van der Waals surface area contributed by atoms with E-state index in [1.165, 1.54) is 7.11 Å². The third kappa shape index (κ3) is 5.42. The lowest BCUT2D eigenvalue weighted by molar-refractivity contribution is 0.0929. The summed E-state index contributed by atoms with van der Waals surface area (Å²) in [6.07, 6.45) is 2.49. The van der Waals surface area contributed by atoms with Gasteiger partial charge in [-0.15, -0.1) is 0 Å². The number of likely N-dealkylation sites (N-methyl/N-ethyl adjacent to an activating group) is 1. The molecule has 1 aromatic heterocycles. The van der Waals surface area contributed by atoms with Gasteiger partial charge in [-0.1, -0.05) is 32.4 Å². The van der Waals surface area contributed by atoms with Gasteiger partial charge in [-0.3, -0.25) is 9.69 Å². The summed E-state index contributed by atoms with van der Waals surface area (Å²) < 4.78 is 16.6. The molecule has 0 aliphatic carbocycles. The molecule has 0 unspecified atom stereocenters. The highest BCUT2D eigenvalue weighted by molar-refractivity contribution is 6.32. The minimum absolute atomic E-state index is 0.0431. The zero-order chi connectivity index (χ0) is 20.5. The lowest BCUT2D eigenvalue weighted by atomic mass is 10.1. The number of nitrogens with zero attached hydrogens (tertiary/aromatic N) is 1. The van der Waals surface area contributed by atoms with E-state index >= 15 is 0 Å². The molecule has 6 nitrogen and oxygen atoms in total. The average Bonchev–Trinajstić information content (AvgIpc) is 3.23. The van der Waals surface area contributed by atoms with Crippen molar-refractivity contribution in [3.8, 4) is 11.5 Å². The predicted octanol–water partition coefficient (Wildman–Crippen LogP) is 4.54. The number of hydrogen-bond acceptors (Lipinski definition) is 5. The smallest absolute Gasteiger partial charge is 0.251 e. The molecule has 0 spiro atoms. The van der Waals surface area contributed by atoms with E-state index in [9.17, 15) is 4.79 Å². The van der Waals surface area contributed by atoms with Gasteiger partial charge in [0.2, 0.25) is 0 Å². The van der Waals surface area contributed by atoms with Crippen molar-refractivity contribution in [1.82, 2.24) is 10.2 Å². The van der Waals surface area contributed by atoms with Crippen LogP contribution in [0.2, 0.25) is 5.02 Å². The molecule has 2 rings (SSSR count). The molecule has 1 aromatic carbocycles. The van der Waals surface area contributed by atoms with Crippen molar-refractivity contribution in [1.29, 1.82) is 0 Å². The minimum atomic E-state index is -0.231. The quantitative estimate of drug-likeness (QED) is 0.591. The van der Waals surface area contributed by atoms with Crippen molar-refractivity contribution in [2.45, 2.75) is 33.2 Å². The summed E-state index contributed by atoms with van der Waals surface area (Å²) >= 11 is 6.32. The van der Waals surface area contributed by atoms with E-state index < -0.39 is 0 Å². The fraction of sp³-hybridized carbons (Fsp3) is 0.476. The average molecular weight is 409 g/mol. The molecular weight excluding hydrogens is 380 g/mol. The summed E-state index contributed by atoms with van der Waals surface area (Å²) in [4.78, 5) is 15.0. The standard InChI is InChI=1S/C21H29ClN2O4/c1-5-10-28-20-16(22)12-15(13-19(20)26-4)21(25)23-14-17(24(6-2)7-3)18-9-8-11-27-18/h8-9,11-13,17H,5-7,10,14H2,1-4H3,(H,23,25)/t17-/m1/s1. The summed E-state index contributed by atoms with van der Waals surface area (Å²) in [5, 5.41) is 3.33. The summed E-state index contributed by atoms with van der Waals surface area (Å²) in [7, 11) is 1.53. The fourth-order valence-electron chi connectivity index (χ4n) is 3.04. The number of methoxy groups -OCH3 is 1. The van der Waals surface area contributed by atoms with Crippen LogP contribution in [-0.2, 0) is 0 Å². The molecule has 1 heterocycles. The highest BCUT2D eigenvalue weighted by Crippen LogP contribution is 2.36. The first-order valence-corrected chi connectivity index (χ1v) is 9.99. The van der Waals surface area contributed by atoms with Crippen molar-refractivity contribution in [2.24, 2.45) is 0 Å². The first kappa shape index (κ1) is 22.1.